The standard InChI is InChI=1S/C16H21Br2NO/c1-12-7-9-19(10-8-12)11-14(20)16(18)15(17)13-5-3-2-4-6-13/h2-6,12,15-16H,7-11H2,1H3/t15-,16+/m0/s1. The lowest BCUT2D eigenvalue weighted by atomic mass is 9.99. The smallest absolute Gasteiger partial charge is 0.161 e. The number of hydrogen-bond donors (Lipinski definition) is 0. The second kappa shape index (κ2) is 7.71. The molecule has 2 nitrogen and oxygen atoms in total. The van der Waals surface area contributed by atoms with E-state index in [4.69, 9.17) is 0 Å². The van der Waals surface area contributed by atoms with E-state index in [1.165, 1.54) is 12.8 Å². The van der Waals surface area contributed by atoms with Crippen molar-refractivity contribution in [3.8, 4) is 0 Å². The molecule has 0 radical (unpaired) electrons. The van der Waals surface area contributed by atoms with Crippen LogP contribution >= 0.6 is 31.9 Å². The number of halogens is 2. The minimum absolute atomic E-state index is 0.0277. The Hall–Kier alpha value is -0.190. The van der Waals surface area contributed by atoms with Crippen LogP contribution in [0.2, 0.25) is 0 Å². The number of benzene rings is 1. The first kappa shape index (κ1) is 16.2. The first-order valence-electron chi connectivity index (χ1n) is 7.16. The van der Waals surface area contributed by atoms with Crippen LogP contribution in [-0.4, -0.2) is 35.1 Å². The Kier molecular flexibility index (Phi) is 6.24. The van der Waals surface area contributed by atoms with Crippen molar-refractivity contribution in [2.24, 2.45) is 5.92 Å². The summed E-state index contributed by atoms with van der Waals surface area (Å²) in [5, 5.41) is 0. The third kappa shape index (κ3) is 4.40. The van der Waals surface area contributed by atoms with E-state index < -0.39 is 0 Å². The van der Waals surface area contributed by atoms with Crippen molar-refractivity contribution in [3.05, 3.63) is 35.9 Å². The number of likely N-dealkylation sites (tertiary alicyclic amines) is 1. The Balaban J connectivity index is 1.88. The summed E-state index contributed by atoms with van der Waals surface area (Å²) >= 11 is 7.20. The average molecular weight is 403 g/mol. The molecule has 1 aliphatic rings. The van der Waals surface area contributed by atoms with Crippen LogP contribution in [0.5, 0.6) is 0 Å². The van der Waals surface area contributed by atoms with Gasteiger partial charge in [-0.15, -0.1) is 0 Å². The molecule has 4 heteroatoms. The highest BCUT2D eigenvalue weighted by Crippen LogP contribution is 2.32. The van der Waals surface area contributed by atoms with E-state index in [1.807, 2.05) is 30.3 Å². The molecule has 1 fully saturated rings. The molecule has 0 aliphatic carbocycles. The molecule has 0 saturated carbocycles. The van der Waals surface area contributed by atoms with Crippen molar-refractivity contribution in [1.82, 2.24) is 4.90 Å². The van der Waals surface area contributed by atoms with E-state index in [0.29, 0.717) is 6.54 Å². The van der Waals surface area contributed by atoms with Gasteiger partial charge in [0.15, 0.2) is 5.78 Å². The van der Waals surface area contributed by atoms with E-state index in [1.54, 1.807) is 0 Å². The molecule has 1 aromatic carbocycles. The van der Waals surface area contributed by atoms with Gasteiger partial charge in [-0.25, -0.2) is 0 Å². The van der Waals surface area contributed by atoms with Gasteiger partial charge in [0.25, 0.3) is 0 Å². The fourth-order valence-corrected chi connectivity index (χ4v) is 3.55. The number of piperidine rings is 1. The molecule has 1 aliphatic heterocycles. The zero-order valence-corrected chi connectivity index (χ0v) is 14.9. The zero-order valence-electron chi connectivity index (χ0n) is 11.8. The first-order chi connectivity index (χ1) is 9.58. The Bertz CT molecular complexity index is 429. The molecule has 110 valence electrons. The van der Waals surface area contributed by atoms with E-state index in [0.717, 1.165) is 24.6 Å². The topological polar surface area (TPSA) is 20.3 Å². The van der Waals surface area contributed by atoms with Crippen molar-refractivity contribution in [2.75, 3.05) is 19.6 Å². The summed E-state index contributed by atoms with van der Waals surface area (Å²) in [5.74, 6) is 1.06. The zero-order chi connectivity index (χ0) is 14.5. The van der Waals surface area contributed by atoms with Gasteiger partial charge in [-0.2, -0.15) is 0 Å². The van der Waals surface area contributed by atoms with E-state index in [2.05, 4.69) is 43.7 Å². The molecular formula is C16H21Br2NO. The van der Waals surface area contributed by atoms with Crippen molar-refractivity contribution in [1.29, 1.82) is 0 Å². The second-order valence-corrected chi connectivity index (χ2v) is 7.61. The lowest BCUT2D eigenvalue weighted by molar-refractivity contribution is -0.119. The Morgan fingerprint density at radius 1 is 1.25 bits per heavy atom. The minimum atomic E-state index is -0.177. The third-order valence-corrected chi connectivity index (χ3v) is 6.74. The highest BCUT2D eigenvalue weighted by atomic mass is 79.9. The number of rotatable bonds is 5. The SMILES string of the molecule is CC1CCN(CC(=O)[C@@H](Br)[C@@H](Br)c2ccccc2)CC1. The van der Waals surface area contributed by atoms with Gasteiger partial charge in [0.1, 0.15) is 0 Å². The Morgan fingerprint density at radius 3 is 2.45 bits per heavy atom. The van der Waals surface area contributed by atoms with Gasteiger partial charge in [0, 0.05) is 0 Å². The van der Waals surface area contributed by atoms with Gasteiger partial charge in [0.2, 0.25) is 0 Å². The first-order valence-corrected chi connectivity index (χ1v) is 8.99. The second-order valence-electron chi connectivity index (χ2n) is 5.64. The number of ketones is 1. The summed E-state index contributed by atoms with van der Waals surface area (Å²) in [4.78, 5) is 14.5. The van der Waals surface area contributed by atoms with Crippen LogP contribution < -0.4 is 0 Å². The Morgan fingerprint density at radius 2 is 1.85 bits per heavy atom. The highest BCUT2D eigenvalue weighted by molar-refractivity contribution is 9.12. The molecule has 20 heavy (non-hydrogen) atoms. The van der Waals surface area contributed by atoms with Crippen LogP contribution in [0.15, 0.2) is 30.3 Å². The van der Waals surface area contributed by atoms with Crippen LogP contribution in [0.4, 0.5) is 0 Å². The van der Waals surface area contributed by atoms with Crippen molar-refractivity contribution >= 4 is 37.6 Å². The molecule has 0 spiro atoms. The van der Waals surface area contributed by atoms with Crippen molar-refractivity contribution in [2.45, 2.75) is 29.4 Å². The molecule has 1 heterocycles. The molecule has 1 aromatic rings. The van der Waals surface area contributed by atoms with Gasteiger partial charge in [-0.1, -0.05) is 69.1 Å². The summed E-state index contributed by atoms with van der Waals surface area (Å²) in [6.07, 6.45) is 2.41. The monoisotopic (exact) mass is 401 g/mol. The predicted molar refractivity (Wildman–Crippen MR) is 90.7 cm³/mol. The number of nitrogens with zero attached hydrogens (tertiary/aromatic N) is 1. The van der Waals surface area contributed by atoms with Crippen molar-refractivity contribution < 1.29 is 4.79 Å². The maximum Gasteiger partial charge on any atom is 0.161 e. The van der Waals surface area contributed by atoms with E-state index in [9.17, 15) is 4.79 Å². The molecule has 2 atom stereocenters. The number of alkyl halides is 2. The molecule has 0 bridgehead atoms. The molecule has 0 amide bonds. The number of Topliss-reactive ketones (excluding diaryl/α,β-unsaturated/α-hetero) is 1. The molecule has 2 rings (SSSR count). The number of hydrogen-bond acceptors (Lipinski definition) is 2. The normalized spacial score (nSPS) is 20.6. The predicted octanol–water partition coefficient (Wildman–Crippen LogP) is 4.19. The van der Waals surface area contributed by atoms with Gasteiger partial charge >= 0.3 is 0 Å². The molecular weight excluding hydrogens is 382 g/mol. The highest BCUT2D eigenvalue weighted by Gasteiger charge is 2.27. The largest absolute Gasteiger partial charge is 0.297 e. The fourth-order valence-electron chi connectivity index (χ4n) is 2.50. The maximum atomic E-state index is 12.4. The summed E-state index contributed by atoms with van der Waals surface area (Å²) in [7, 11) is 0. The number of carbonyl (C=O) groups excluding carboxylic acids is 1. The molecule has 0 aromatic heterocycles. The van der Waals surface area contributed by atoms with Crippen LogP contribution in [0, 0.1) is 5.92 Å². The van der Waals surface area contributed by atoms with Crippen LogP contribution in [0.3, 0.4) is 0 Å². The minimum Gasteiger partial charge on any atom is -0.297 e. The lowest BCUT2D eigenvalue weighted by Crippen LogP contribution is -2.39. The third-order valence-electron chi connectivity index (χ3n) is 3.94. The van der Waals surface area contributed by atoms with Gasteiger partial charge < -0.3 is 0 Å². The van der Waals surface area contributed by atoms with Crippen LogP contribution in [0.1, 0.15) is 30.2 Å². The number of carbonyl (C=O) groups is 1. The van der Waals surface area contributed by atoms with Crippen LogP contribution in [-0.2, 0) is 4.79 Å². The summed E-state index contributed by atoms with van der Waals surface area (Å²) < 4.78 is 0. The van der Waals surface area contributed by atoms with Crippen LogP contribution in [0.25, 0.3) is 0 Å². The van der Waals surface area contributed by atoms with Crippen molar-refractivity contribution in [3.63, 3.8) is 0 Å². The fraction of sp³-hybridized carbons (Fsp3) is 0.562. The summed E-state index contributed by atoms with van der Waals surface area (Å²) in [5.41, 5.74) is 1.13. The molecule has 0 N–H and O–H groups in total. The Labute approximate surface area is 138 Å². The molecule has 1 saturated heterocycles. The quantitative estimate of drug-likeness (QED) is 0.688. The lowest BCUT2D eigenvalue weighted by Gasteiger charge is -2.30. The maximum absolute atomic E-state index is 12.4. The van der Waals surface area contributed by atoms with E-state index in [-0.39, 0.29) is 15.4 Å². The average Bonchev–Trinajstić information content (AvgIpc) is 2.49. The molecule has 0 unspecified atom stereocenters. The van der Waals surface area contributed by atoms with E-state index >= 15 is 0 Å². The van der Waals surface area contributed by atoms with Gasteiger partial charge in [-0.05, 0) is 37.4 Å². The van der Waals surface area contributed by atoms with Gasteiger partial charge in [0.05, 0.1) is 16.2 Å². The summed E-state index contributed by atoms with van der Waals surface area (Å²) in [6.45, 7) is 4.93. The summed E-state index contributed by atoms with van der Waals surface area (Å²) in [6, 6.07) is 10.1. The van der Waals surface area contributed by atoms with Gasteiger partial charge in [-0.3, -0.25) is 9.69 Å².